The maximum Gasteiger partial charge on any atom is 0.277 e. The highest BCUT2D eigenvalue weighted by molar-refractivity contribution is 6.31. The Morgan fingerprint density at radius 2 is 1.97 bits per heavy atom. The van der Waals surface area contributed by atoms with Crippen molar-refractivity contribution >= 4 is 30.2 Å². The van der Waals surface area contributed by atoms with E-state index < -0.39 is 22.8 Å². The van der Waals surface area contributed by atoms with Gasteiger partial charge in [0.2, 0.25) is 0 Å². The fourth-order valence-corrected chi connectivity index (χ4v) is 3.47. The number of aromatic nitrogens is 2. The lowest BCUT2D eigenvalue weighted by Gasteiger charge is -2.19. The van der Waals surface area contributed by atoms with Crippen LogP contribution in [0.15, 0.2) is 61.8 Å². The van der Waals surface area contributed by atoms with Crippen LogP contribution in [0.1, 0.15) is 46.0 Å². The third-order valence-corrected chi connectivity index (χ3v) is 5.59. The van der Waals surface area contributed by atoms with E-state index in [4.69, 9.17) is 22.1 Å². The Bertz CT molecular complexity index is 1380. The number of nitrogens with zero attached hydrogens (tertiary/aromatic N) is 4. The average molecular weight is 534 g/mol. The normalized spacial score (nSPS) is 13.0. The summed E-state index contributed by atoms with van der Waals surface area (Å²) in [4.78, 5) is 25.2. The molecular formula is C26H30ClF2N5O3. The minimum absolute atomic E-state index is 0.0213. The van der Waals surface area contributed by atoms with E-state index >= 15 is 0 Å². The van der Waals surface area contributed by atoms with Crippen molar-refractivity contribution in [2.45, 2.75) is 53.8 Å². The molecule has 3 N–H and O–H groups in total. The lowest BCUT2D eigenvalue weighted by atomic mass is 10.1. The van der Waals surface area contributed by atoms with Gasteiger partial charge in [-0.25, -0.2) is 18.8 Å². The van der Waals surface area contributed by atoms with Gasteiger partial charge in [-0.3, -0.25) is 14.3 Å². The largest absolute Gasteiger partial charge is 0.485 e. The number of ether oxygens (including phenoxy) is 1. The van der Waals surface area contributed by atoms with Crippen molar-refractivity contribution in [3.8, 4) is 5.75 Å². The van der Waals surface area contributed by atoms with Gasteiger partial charge in [0.25, 0.3) is 5.56 Å². The molecule has 0 unspecified atom stereocenters. The van der Waals surface area contributed by atoms with Gasteiger partial charge < -0.3 is 15.6 Å². The van der Waals surface area contributed by atoms with Gasteiger partial charge in [-0.2, -0.15) is 0 Å². The quantitative estimate of drug-likeness (QED) is 0.350. The first kappa shape index (κ1) is 29.6. The van der Waals surface area contributed by atoms with Crippen LogP contribution in [-0.4, -0.2) is 33.2 Å². The standard InChI is InChI=1S/C26H30ClF2N5O3/c1-14(2)23(16(4)24(31-7)32-9-8-21(30)26(5,6)36)34-15(3)10-20(22(27)25(34)35)37-13-19-18(29)11-17(28)12-33-19/h8-12,36H,7,13,30H2,1-6H3/b21-8?,24-16+,32-9?. The maximum atomic E-state index is 13.9. The Labute approximate surface area is 219 Å². The Kier molecular flexibility index (Phi) is 9.66. The van der Waals surface area contributed by atoms with Crippen LogP contribution in [0.4, 0.5) is 8.78 Å². The molecule has 2 aromatic heterocycles. The summed E-state index contributed by atoms with van der Waals surface area (Å²) in [5, 5.41) is 9.72. The highest BCUT2D eigenvalue weighted by Gasteiger charge is 2.20. The monoisotopic (exact) mass is 533 g/mol. The van der Waals surface area contributed by atoms with E-state index in [1.165, 1.54) is 22.9 Å². The fourth-order valence-electron chi connectivity index (χ4n) is 3.28. The zero-order valence-electron chi connectivity index (χ0n) is 21.6. The van der Waals surface area contributed by atoms with Gasteiger partial charge in [0.05, 0.1) is 17.5 Å². The van der Waals surface area contributed by atoms with Gasteiger partial charge in [0.15, 0.2) is 11.6 Å². The molecule has 0 amide bonds. The highest BCUT2D eigenvalue weighted by Crippen LogP contribution is 2.29. The molecule has 37 heavy (non-hydrogen) atoms. The minimum Gasteiger partial charge on any atom is -0.485 e. The molecule has 2 aromatic rings. The summed E-state index contributed by atoms with van der Waals surface area (Å²) in [5.74, 6) is -1.45. The molecule has 8 nitrogen and oxygen atoms in total. The second kappa shape index (κ2) is 12.1. The van der Waals surface area contributed by atoms with Gasteiger partial charge in [-0.1, -0.05) is 17.2 Å². The second-order valence-corrected chi connectivity index (χ2v) is 9.27. The average Bonchev–Trinajstić information content (AvgIpc) is 2.80. The van der Waals surface area contributed by atoms with Crippen molar-refractivity contribution in [1.82, 2.24) is 9.55 Å². The van der Waals surface area contributed by atoms with Crippen LogP contribution in [0.3, 0.4) is 0 Å². The van der Waals surface area contributed by atoms with E-state index in [0.29, 0.717) is 23.0 Å². The first-order valence-electron chi connectivity index (χ1n) is 11.1. The SMILES string of the molecule is C=N/C(N=CC=C(N)C(C)(C)O)=C(/C)C(=C(C)C)n1c(C)cc(OCc2ncc(F)cc2F)c(Cl)c1=O. The number of halogens is 3. The first-order chi connectivity index (χ1) is 17.2. The Morgan fingerprint density at radius 1 is 1.32 bits per heavy atom. The summed E-state index contributed by atoms with van der Waals surface area (Å²) in [6, 6.07) is 2.22. The zero-order chi connectivity index (χ0) is 28.1. The summed E-state index contributed by atoms with van der Waals surface area (Å²) in [7, 11) is 0. The van der Waals surface area contributed by atoms with Crippen LogP contribution < -0.4 is 16.0 Å². The number of allylic oxidation sites excluding steroid dienone is 4. The molecule has 0 bridgehead atoms. The number of aliphatic hydroxyl groups is 1. The number of nitrogens with two attached hydrogens (primary N) is 1. The molecule has 0 aliphatic heterocycles. The van der Waals surface area contributed by atoms with Crippen molar-refractivity contribution in [2.75, 3.05) is 0 Å². The van der Waals surface area contributed by atoms with Crippen molar-refractivity contribution in [3.05, 3.63) is 85.5 Å². The van der Waals surface area contributed by atoms with E-state index in [1.54, 1.807) is 27.7 Å². The van der Waals surface area contributed by atoms with Gasteiger partial charge >= 0.3 is 0 Å². The number of hydrogen-bond donors (Lipinski definition) is 2. The molecule has 0 radical (unpaired) electrons. The number of aryl methyl sites for hydroxylation is 1. The molecule has 0 atom stereocenters. The number of pyridine rings is 2. The maximum absolute atomic E-state index is 13.9. The Hall–Kier alpha value is -3.63. The predicted octanol–water partition coefficient (Wildman–Crippen LogP) is 4.93. The lowest BCUT2D eigenvalue weighted by molar-refractivity contribution is 0.118. The van der Waals surface area contributed by atoms with Crippen LogP contribution in [-0.2, 0) is 6.61 Å². The summed E-state index contributed by atoms with van der Waals surface area (Å²) in [5.41, 5.74) is 6.32. The van der Waals surface area contributed by atoms with E-state index in [9.17, 15) is 18.7 Å². The molecule has 0 aromatic carbocycles. The van der Waals surface area contributed by atoms with Crippen LogP contribution in [0.2, 0.25) is 5.02 Å². The van der Waals surface area contributed by atoms with Crippen molar-refractivity contribution in [2.24, 2.45) is 15.7 Å². The summed E-state index contributed by atoms with van der Waals surface area (Å²) >= 11 is 6.35. The second-order valence-electron chi connectivity index (χ2n) is 8.89. The van der Waals surface area contributed by atoms with Crippen LogP contribution in [0, 0.1) is 18.6 Å². The molecule has 0 spiro atoms. The van der Waals surface area contributed by atoms with Gasteiger partial charge in [0.1, 0.15) is 28.9 Å². The smallest absolute Gasteiger partial charge is 0.277 e. The van der Waals surface area contributed by atoms with Crippen molar-refractivity contribution < 1.29 is 18.6 Å². The molecule has 11 heteroatoms. The third kappa shape index (κ3) is 7.21. The molecule has 2 rings (SSSR count). The van der Waals surface area contributed by atoms with Gasteiger partial charge in [-0.05, 0) is 54.3 Å². The predicted molar refractivity (Wildman–Crippen MR) is 143 cm³/mol. The van der Waals surface area contributed by atoms with Crippen molar-refractivity contribution in [1.29, 1.82) is 0 Å². The number of rotatable bonds is 9. The molecule has 0 aliphatic carbocycles. The molecule has 0 fully saturated rings. The van der Waals surface area contributed by atoms with Gasteiger partial charge in [0, 0.05) is 35.3 Å². The third-order valence-electron chi connectivity index (χ3n) is 5.24. The molecule has 0 saturated carbocycles. The molecule has 2 heterocycles. The molecule has 198 valence electrons. The minimum atomic E-state index is -1.22. The lowest BCUT2D eigenvalue weighted by Crippen LogP contribution is -2.27. The zero-order valence-corrected chi connectivity index (χ0v) is 22.3. The van der Waals surface area contributed by atoms with E-state index in [-0.39, 0.29) is 34.6 Å². The molecule has 0 aliphatic rings. The fraction of sp³-hybridized carbons (Fsp3) is 0.308. The van der Waals surface area contributed by atoms with E-state index in [1.807, 2.05) is 13.8 Å². The first-order valence-corrected chi connectivity index (χ1v) is 11.5. The Balaban J connectivity index is 2.52. The van der Waals surface area contributed by atoms with Crippen molar-refractivity contribution in [3.63, 3.8) is 0 Å². The summed E-state index contributed by atoms with van der Waals surface area (Å²) in [6.07, 6.45) is 3.69. The van der Waals surface area contributed by atoms with E-state index in [0.717, 1.165) is 11.8 Å². The molecular weight excluding hydrogens is 504 g/mol. The molecule has 0 saturated heterocycles. The summed E-state index contributed by atoms with van der Waals surface area (Å²) < 4.78 is 34.0. The highest BCUT2D eigenvalue weighted by atomic mass is 35.5. The van der Waals surface area contributed by atoms with E-state index in [2.05, 4.69) is 21.7 Å². The van der Waals surface area contributed by atoms with Gasteiger partial charge in [-0.15, -0.1) is 0 Å². The van der Waals surface area contributed by atoms with Crippen LogP contribution in [0.5, 0.6) is 5.75 Å². The van der Waals surface area contributed by atoms with Crippen LogP contribution >= 0.6 is 11.6 Å². The summed E-state index contributed by atoms with van der Waals surface area (Å²) in [6.45, 7) is 13.3. The number of aliphatic imine (C=N–C) groups is 2. The number of hydrogen-bond acceptors (Lipinski definition) is 7. The topological polar surface area (TPSA) is 115 Å². The van der Waals surface area contributed by atoms with Crippen LogP contribution in [0.25, 0.3) is 5.70 Å². The Morgan fingerprint density at radius 3 is 2.51 bits per heavy atom.